The van der Waals surface area contributed by atoms with Crippen LogP contribution in [0.3, 0.4) is 0 Å². The van der Waals surface area contributed by atoms with Gasteiger partial charge in [0.05, 0.1) is 14.2 Å². The van der Waals surface area contributed by atoms with Crippen LogP contribution < -0.4 is 14.8 Å². The molecule has 6 nitrogen and oxygen atoms in total. The minimum Gasteiger partial charge on any atom is -0.493 e. The van der Waals surface area contributed by atoms with Crippen LogP contribution in [0.2, 0.25) is 0 Å². The molecule has 1 atom stereocenters. The number of benzene rings is 1. The van der Waals surface area contributed by atoms with Crippen LogP contribution in [0.1, 0.15) is 12.8 Å². The van der Waals surface area contributed by atoms with E-state index in [0.717, 1.165) is 6.20 Å². The Morgan fingerprint density at radius 3 is 2.54 bits per heavy atom. The van der Waals surface area contributed by atoms with Crippen molar-refractivity contribution >= 4 is 17.4 Å². The number of hydrogen-bond acceptors (Lipinski definition) is 5. The van der Waals surface area contributed by atoms with Gasteiger partial charge in [-0.3, -0.25) is 9.59 Å². The highest BCUT2D eigenvalue weighted by atomic mass is 19.4. The lowest BCUT2D eigenvalue weighted by Gasteiger charge is -2.22. The molecule has 142 valence electrons. The van der Waals surface area contributed by atoms with Gasteiger partial charge < -0.3 is 19.7 Å². The number of halogens is 3. The van der Waals surface area contributed by atoms with Crippen LogP contribution in [0, 0.1) is 0 Å². The van der Waals surface area contributed by atoms with Gasteiger partial charge in [-0.05, 0) is 25.0 Å². The van der Waals surface area contributed by atoms with Gasteiger partial charge in [0.15, 0.2) is 11.5 Å². The number of nitrogens with zero attached hydrogens (tertiary/aromatic N) is 1. The number of amides is 1. The van der Waals surface area contributed by atoms with Crippen molar-refractivity contribution in [1.29, 1.82) is 0 Å². The summed E-state index contributed by atoms with van der Waals surface area (Å²) < 4.78 is 47.1. The number of ketones is 1. The molecule has 1 amide bonds. The maximum Gasteiger partial charge on any atom is 0.454 e. The number of alkyl halides is 3. The topological polar surface area (TPSA) is 67.9 Å². The molecule has 1 saturated heterocycles. The molecule has 1 N–H and O–H groups in total. The largest absolute Gasteiger partial charge is 0.493 e. The van der Waals surface area contributed by atoms with E-state index >= 15 is 0 Å². The molecule has 1 aromatic carbocycles. The van der Waals surface area contributed by atoms with Gasteiger partial charge in [0.1, 0.15) is 6.04 Å². The highest BCUT2D eigenvalue weighted by molar-refractivity contribution is 5.96. The summed E-state index contributed by atoms with van der Waals surface area (Å²) in [5.74, 6) is -1.40. The zero-order valence-electron chi connectivity index (χ0n) is 14.3. The lowest BCUT2D eigenvalue weighted by Crippen LogP contribution is -2.36. The molecule has 0 spiro atoms. The fourth-order valence-corrected chi connectivity index (χ4v) is 2.65. The van der Waals surface area contributed by atoms with Crippen molar-refractivity contribution in [2.45, 2.75) is 25.1 Å². The summed E-state index contributed by atoms with van der Waals surface area (Å²) in [5, 5.41) is 2.70. The van der Waals surface area contributed by atoms with Crippen LogP contribution >= 0.6 is 0 Å². The van der Waals surface area contributed by atoms with Crippen LogP contribution in [0.25, 0.3) is 0 Å². The van der Waals surface area contributed by atoms with Crippen molar-refractivity contribution in [3.63, 3.8) is 0 Å². The smallest absolute Gasteiger partial charge is 0.454 e. The summed E-state index contributed by atoms with van der Waals surface area (Å²) >= 11 is 0. The number of methoxy groups -OCH3 is 2. The van der Waals surface area contributed by atoms with Crippen LogP contribution in [-0.2, 0) is 9.59 Å². The first kappa shape index (κ1) is 19.6. The van der Waals surface area contributed by atoms with Crippen molar-refractivity contribution in [2.75, 3.05) is 26.1 Å². The predicted molar refractivity (Wildman–Crippen MR) is 88.1 cm³/mol. The molecule has 0 bridgehead atoms. The van der Waals surface area contributed by atoms with Crippen LogP contribution in [-0.4, -0.2) is 49.6 Å². The number of nitrogens with one attached hydrogen (secondary N) is 1. The van der Waals surface area contributed by atoms with E-state index in [1.165, 1.54) is 19.1 Å². The zero-order chi connectivity index (χ0) is 19.3. The molecule has 1 aliphatic heterocycles. The molecule has 1 aromatic rings. The van der Waals surface area contributed by atoms with Crippen LogP contribution in [0.4, 0.5) is 18.9 Å². The van der Waals surface area contributed by atoms with Gasteiger partial charge in [-0.15, -0.1) is 0 Å². The van der Waals surface area contributed by atoms with Gasteiger partial charge in [0.25, 0.3) is 5.78 Å². The highest BCUT2D eigenvalue weighted by Crippen LogP contribution is 2.30. The van der Waals surface area contributed by atoms with E-state index < -0.39 is 18.0 Å². The molecule has 1 heterocycles. The normalized spacial score (nSPS) is 17.4. The monoisotopic (exact) mass is 372 g/mol. The third-order valence-electron chi connectivity index (χ3n) is 3.94. The Morgan fingerprint density at radius 2 is 1.92 bits per heavy atom. The summed E-state index contributed by atoms with van der Waals surface area (Å²) in [6.07, 6.45) is -2.34. The molecule has 1 aliphatic rings. The number of hydrogen-bond donors (Lipinski definition) is 1. The maximum absolute atomic E-state index is 12.5. The summed E-state index contributed by atoms with van der Waals surface area (Å²) in [6, 6.07) is 4.18. The average Bonchev–Trinajstić information content (AvgIpc) is 3.07. The number of allylic oxidation sites excluding steroid dienone is 1. The average molecular weight is 372 g/mol. The summed E-state index contributed by atoms with van der Waals surface area (Å²) in [5.41, 5.74) is 0.467. The summed E-state index contributed by atoms with van der Waals surface area (Å²) in [4.78, 5) is 24.8. The predicted octanol–water partition coefficient (Wildman–Crippen LogP) is 2.75. The second-order valence-electron chi connectivity index (χ2n) is 5.63. The lowest BCUT2D eigenvalue weighted by molar-refractivity contribution is -0.165. The first-order valence-corrected chi connectivity index (χ1v) is 7.84. The molecule has 0 aliphatic carbocycles. The molecule has 9 heteroatoms. The molecular weight excluding hydrogens is 353 g/mol. The van der Waals surface area contributed by atoms with E-state index in [-0.39, 0.29) is 5.91 Å². The highest BCUT2D eigenvalue weighted by Gasteiger charge is 2.37. The lowest BCUT2D eigenvalue weighted by atomic mass is 10.2. The van der Waals surface area contributed by atoms with Gasteiger partial charge in [-0.1, -0.05) is 0 Å². The van der Waals surface area contributed by atoms with E-state index in [4.69, 9.17) is 9.47 Å². The Bertz CT molecular complexity index is 704. The third kappa shape index (κ3) is 4.68. The van der Waals surface area contributed by atoms with Gasteiger partial charge in [0.2, 0.25) is 5.91 Å². The Kier molecular flexibility index (Phi) is 6.12. The zero-order valence-corrected chi connectivity index (χ0v) is 14.3. The van der Waals surface area contributed by atoms with Gasteiger partial charge >= 0.3 is 6.18 Å². The maximum atomic E-state index is 12.5. The van der Waals surface area contributed by atoms with Crippen LogP contribution in [0.5, 0.6) is 11.5 Å². The quantitative estimate of drug-likeness (QED) is 0.778. The molecule has 0 aromatic heterocycles. The number of carbonyl (C=O) groups is 2. The van der Waals surface area contributed by atoms with E-state index in [2.05, 4.69) is 5.32 Å². The summed E-state index contributed by atoms with van der Waals surface area (Å²) in [6.45, 7) is 0.395. The van der Waals surface area contributed by atoms with Crippen molar-refractivity contribution in [1.82, 2.24) is 4.90 Å². The van der Waals surface area contributed by atoms with Gasteiger partial charge in [-0.25, -0.2) is 0 Å². The van der Waals surface area contributed by atoms with Crippen molar-refractivity contribution in [3.05, 3.63) is 30.5 Å². The Hall–Kier alpha value is -2.71. The first-order chi connectivity index (χ1) is 12.3. The van der Waals surface area contributed by atoms with Gasteiger partial charge in [0, 0.05) is 30.6 Å². The molecule has 2 rings (SSSR count). The Balaban J connectivity index is 2.06. The molecule has 26 heavy (non-hydrogen) atoms. The second-order valence-corrected chi connectivity index (χ2v) is 5.63. The third-order valence-corrected chi connectivity index (χ3v) is 3.94. The Labute approximate surface area is 148 Å². The number of anilines is 1. The minimum absolute atomic E-state index is 0.376. The van der Waals surface area contributed by atoms with Crippen LogP contribution in [0.15, 0.2) is 30.5 Å². The Morgan fingerprint density at radius 1 is 1.23 bits per heavy atom. The van der Waals surface area contributed by atoms with E-state index in [0.29, 0.717) is 42.6 Å². The summed E-state index contributed by atoms with van der Waals surface area (Å²) in [7, 11) is 2.95. The standard InChI is InChI=1S/C17H19F3N2O4/c1-25-13-6-5-11(10-14(13)26-2)21-16(24)12-4-3-8-22(12)9-7-15(23)17(18,19)20/h5-7,9-10,12H,3-4,8H2,1-2H3,(H,21,24)/b9-7+/t12-/m0/s1. The van der Waals surface area contributed by atoms with E-state index in [9.17, 15) is 22.8 Å². The van der Waals surface area contributed by atoms with Gasteiger partial charge in [-0.2, -0.15) is 13.2 Å². The number of carbonyl (C=O) groups excluding carboxylic acids is 2. The molecule has 1 fully saturated rings. The minimum atomic E-state index is -4.92. The first-order valence-electron chi connectivity index (χ1n) is 7.84. The molecule has 0 radical (unpaired) electrons. The number of likely N-dealkylation sites (tertiary alicyclic amines) is 1. The molecule has 0 unspecified atom stereocenters. The van der Waals surface area contributed by atoms with E-state index in [1.807, 2.05) is 0 Å². The number of ether oxygens (including phenoxy) is 2. The fraction of sp³-hybridized carbons (Fsp3) is 0.412. The van der Waals surface area contributed by atoms with Crippen molar-refractivity contribution in [3.8, 4) is 11.5 Å². The molecule has 0 saturated carbocycles. The number of rotatable bonds is 6. The van der Waals surface area contributed by atoms with Crippen molar-refractivity contribution < 1.29 is 32.2 Å². The molecular formula is C17H19F3N2O4. The fourth-order valence-electron chi connectivity index (χ4n) is 2.65. The second kappa shape index (κ2) is 8.11. The van der Waals surface area contributed by atoms with E-state index in [1.54, 1.807) is 18.2 Å². The SMILES string of the molecule is COc1ccc(NC(=O)[C@@H]2CCCN2/C=C/C(=O)C(F)(F)F)cc1OC. The van der Waals surface area contributed by atoms with Crippen molar-refractivity contribution in [2.24, 2.45) is 0 Å².